The van der Waals surface area contributed by atoms with Gasteiger partial charge in [0.2, 0.25) is 0 Å². The minimum absolute atomic E-state index is 0.454. The second-order valence-corrected chi connectivity index (χ2v) is 3.36. The molecule has 62 valence electrons. The fourth-order valence-electron chi connectivity index (χ4n) is 1.18. The van der Waals surface area contributed by atoms with Gasteiger partial charge in [0.25, 0.3) is 0 Å². The second-order valence-electron chi connectivity index (χ2n) is 2.42. The summed E-state index contributed by atoms with van der Waals surface area (Å²) in [5, 5.41) is 0. The highest BCUT2D eigenvalue weighted by Gasteiger charge is 2.05. The van der Waals surface area contributed by atoms with Crippen LogP contribution in [-0.4, -0.2) is 13.2 Å². The van der Waals surface area contributed by atoms with E-state index < -0.39 is 11.1 Å². The number of rotatable bonds is 1. The molecule has 2 heterocycles. The van der Waals surface area contributed by atoms with Gasteiger partial charge in [0, 0.05) is 12.4 Å². The van der Waals surface area contributed by atoms with Crippen LogP contribution in [0.4, 0.5) is 0 Å². The Labute approximate surface area is 71.9 Å². The van der Waals surface area contributed by atoms with Crippen LogP contribution in [0, 0.1) is 0 Å². The second kappa shape index (κ2) is 2.73. The van der Waals surface area contributed by atoms with E-state index in [4.69, 9.17) is 4.55 Å². The topological polar surface area (TPSA) is 41.7 Å². The van der Waals surface area contributed by atoms with Crippen molar-refractivity contribution >= 4 is 16.6 Å². The quantitative estimate of drug-likeness (QED) is 0.678. The predicted octanol–water partition coefficient (Wildman–Crippen LogP) is 1.52. The highest BCUT2D eigenvalue weighted by molar-refractivity contribution is 7.79. The van der Waals surface area contributed by atoms with Crippen molar-refractivity contribution in [2.75, 3.05) is 0 Å². The lowest BCUT2D eigenvalue weighted by Gasteiger charge is -1.93. The van der Waals surface area contributed by atoms with Crippen LogP contribution in [0.5, 0.6) is 0 Å². The zero-order valence-electron chi connectivity index (χ0n) is 6.18. The molecule has 0 aliphatic carbocycles. The van der Waals surface area contributed by atoms with E-state index in [1.165, 1.54) is 0 Å². The molecule has 4 heteroatoms. The molecule has 0 saturated carbocycles. The van der Waals surface area contributed by atoms with Gasteiger partial charge in [-0.2, -0.15) is 0 Å². The SMILES string of the molecule is O=S(O)c1ccn2ccccc12. The standard InChI is InChI=1S/C8H7NO2S/c10-12(11)8-4-6-9-5-2-1-3-7(8)9/h1-6H,(H,10,11). The normalized spacial score (nSPS) is 13.4. The van der Waals surface area contributed by atoms with Crippen LogP contribution in [0.1, 0.15) is 0 Å². The Morgan fingerprint density at radius 1 is 1.25 bits per heavy atom. The average molecular weight is 181 g/mol. The maximum atomic E-state index is 10.8. The van der Waals surface area contributed by atoms with Crippen molar-refractivity contribution in [1.29, 1.82) is 0 Å². The third-order valence-corrected chi connectivity index (χ3v) is 2.44. The van der Waals surface area contributed by atoms with Gasteiger partial charge in [0.05, 0.1) is 10.4 Å². The molecule has 0 aliphatic heterocycles. The van der Waals surface area contributed by atoms with Gasteiger partial charge in [-0.3, -0.25) is 0 Å². The molecular weight excluding hydrogens is 174 g/mol. The molecule has 2 rings (SSSR count). The monoisotopic (exact) mass is 181 g/mol. The maximum Gasteiger partial charge on any atom is 0.188 e. The minimum atomic E-state index is -1.89. The number of hydrogen-bond acceptors (Lipinski definition) is 1. The summed E-state index contributed by atoms with van der Waals surface area (Å²) in [6.45, 7) is 0. The highest BCUT2D eigenvalue weighted by Crippen LogP contribution is 2.14. The maximum absolute atomic E-state index is 10.8. The number of pyridine rings is 1. The van der Waals surface area contributed by atoms with Gasteiger partial charge < -0.3 is 8.95 Å². The Bertz CT molecular complexity index is 435. The van der Waals surface area contributed by atoms with Crippen LogP contribution in [0.3, 0.4) is 0 Å². The molecule has 2 aromatic heterocycles. The lowest BCUT2D eigenvalue weighted by Crippen LogP contribution is -1.87. The molecule has 0 aliphatic rings. The first kappa shape index (κ1) is 7.52. The number of hydrogen-bond donors (Lipinski definition) is 1. The molecular formula is C8H7NO2S. The van der Waals surface area contributed by atoms with Crippen molar-refractivity contribution < 1.29 is 8.76 Å². The summed E-state index contributed by atoms with van der Waals surface area (Å²) in [4.78, 5) is 0.454. The highest BCUT2D eigenvalue weighted by atomic mass is 32.2. The van der Waals surface area contributed by atoms with E-state index in [2.05, 4.69) is 0 Å². The summed E-state index contributed by atoms with van der Waals surface area (Å²) in [7, 11) is 0. The third-order valence-electron chi connectivity index (χ3n) is 1.72. The summed E-state index contributed by atoms with van der Waals surface area (Å²) >= 11 is -1.89. The van der Waals surface area contributed by atoms with Crippen molar-refractivity contribution in [3.63, 3.8) is 0 Å². The molecule has 1 N–H and O–H groups in total. The molecule has 0 fully saturated rings. The van der Waals surface area contributed by atoms with E-state index in [1.54, 1.807) is 12.3 Å². The van der Waals surface area contributed by atoms with Crippen LogP contribution < -0.4 is 0 Å². The molecule has 2 aromatic rings. The summed E-state index contributed by atoms with van der Waals surface area (Å²) in [5.41, 5.74) is 0.776. The summed E-state index contributed by atoms with van der Waals surface area (Å²) in [5.74, 6) is 0. The molecule has 0 radical (unpaired) electrons. The van der Waals surface area contributed by atoms with Crippen molar-refractivity contribution in [2.24, 2.45) is 0 Å². The van der Waals surface area contributed by atoms with Crippen LogP contribution in [-0.2, 0) is 11.1 Å². The van der Waals surface area contributed by atoms with Gasteiger partial charge in [-0.05, 0) is 18.2 Å². The molecule has 0 bridgehead atoms. The Hall–Kier alpha value is -1.13. The Kier molecular flexibility index (Phi) is 1.71. The largest absolute Gasteiger partial charge is 0.323 e. The molecule has 1 unspecified atom stereocenters. The summed E-state index contributed by atoms with van der Waals surface area (Å²) in [6, 6.07) is 7.16. The van der Waals surface area contributed by atoms with E-state index in [0.29, 0.717) is 4.90 Å². The average Bonchev–Trinajstić information content (AvgIpc) is 2.47. The molecule has 3 nitrogen and oxygen atoms in total. The molecule has 12 heavy (non-hydrogen) atoms. The Balaban J connectivity index is 2.79. The summed E-state index contributed by atoms with van der Waals surface area (Å²) < 4.78 is 21.5. The van der Waals surface area contributed by atoms with Gasteiger partial charge in [0.1, 0.15) is 0 Å². The fourth-order valence-corrected chi connectivity index (χ4v) is 1.71. The van der Waals surface area contributed by atoms with E-state index in [0.717, 1.165) is 5.52 Å². The lowest BCUT2D eigenvalue weighted by atomic mass is 10.4. The minimum Gasteiger partial charge on any atom is -0.323 e. The number of nitrogens with zero attached hydrogens (tertiary/aromatic N) is 1. The third kappa shape index (κ3) is 1.05. The molecule has 1 atom stereocenters. The summed E-state index contributed by atoms with van der Waals surface area (Å²) in [6.07, 6.45) is 3.60. The lowest BCUT2D eigenvalue weighted by molar-refractivity contribution is 0.565. The van der Waals surface area contributed by atoms with Gasteiger partial charge in [0.15, 0.2) is 11.1 Å². The molecule has 0 saturated heterocycles. The van der Waals surface area contributed by atoms with Crippen molar-refractivity contribution in [3.8, 4) is 0 Å². The first-order valence-corrected chi connectivity index (χ1v) is 4.56. The van der Waals surface area contributed by atoms with Crippen molar-refractivity contribution in [1.82, 2.24) is 4.40 Å². The van der Waals surface area contributed by atoms with Gasteiger partial charge in [-0.1, -0.05) is 6.07 Å². The van der Waals surface area contributed by atoms with Crippen molar-refractivity contribution in [3.05, 3.63) is 36.7 Å². The van der Waals surface area contributed by atoms with Crippen molar-refractivity contribution in [2.45, 2.75) is 4.90 Å². The molecule has 0 spiro atoms. The first-order chi connectivity index (χ1) is 5.79. The number of fused-ring (bicyclic) bond motifs is 1. The van der Waals surface area contributed by atoms with E-state index in [1.807, 2.05) is 28.8 Å². The zero-order valence-corrected chi connectivity index (χ0v) is 6.99. The Morgan fingerprint density at radius 2 is 2.08 bits per heavy atom. The van der Waals surface area contributed by atoms with Gasteiger partial charge in [-0.15, -0.1) is 0 Å². The molecule has 0 aromatic carbocycles. The van der Waals surface area contributed by atoms with Gasteiger partial charge >= 0.3 is 0 Å². The zero-order chi connectivity index (χ0) is 8.55. The first-order valence-electron chi connectivity index (χ1n) is 3.45. The smallest absolute Gasteiger partial charge is 0.188 e. The Morgan fingerprint density at radius 3 is 2.83 bits per heavy atom. The fraction of sp³-hybridized carbons (Fsp3) is 0. The predicted molar refractivity (Wildman–Crippen MR) is 46.4 cm³/mol. The number of aromatic nitrogens is 1. The van der Waals surface area contributed by atoms with Crippen LogP contribution in [0.2, 0.25) is 0 Å². The van der Waals surface area contributed by atoms with E-state index in [-0.39, 0.29) is 0 Å². The van der Waals surface area contributed by atoms with E-state index in [9.17, 15) is 4.21 Å². The van der Waals surface area contributed by atoms with Gasteiger partial charge in [-0.25, -0.2) is 4.21 Å². The van der Waals surface area contributed by atoms with Crippen LogP contribution >= 0.6 is 0 Å². The van der Waals surface area contributed by atoms with Crippen LogP contribution in [0.25, 0.3) is 5.52 Å². The molecule has 0 amide bonds. The van der Waals surface area contributed by atoms with Crippen LogP contribution in [0.15, 0.2) is 41.6 Å². The van der Waals surface area contributed by atoms with E-state index >= 15 is 0 Å².